The van der Waals surface area contributed by atoms with Crippen molar-refractivity contribution in [2.75, 3.05) is 7.11 Å². The molecule has 2 unspecified atom stereocenters. The zero-order chi connectivity index (χ0) is 26.9. The molecule has 1 amide bonds. The maximum absolute atomic E-state index is 14.1. The van der Waals surface area contributed by atoms with Gasteiger partial charge < -0.3 is 24.2 Å². The molecule has 1 heterocycles. The highest BCUT2D eigenvalue weighted by Crippen LogP contribution is 2.54. The number of aliphatic carboxylic acids is 1. The minimum absolute atomic E-state index is 0.0340. The van der Waals surface area contributed by atoms with Crippen LogP contribution in [0, 0.1) is 11.8 Å². The largest absolute Gasteiger partial charge is 0.493 e. The van der Waals surface area contributed by atoms with E-state index in [1.54, 1.807) is 7.11 Å². The fraction of sp³-hybridized carbons (Fsp3) is 0.375. The molecule has 0 aromatic heterocycles. The highest BCUT2D eigenvalue weighted by Gasteiger charge is 2.50. The van der Waals surface area contributed by atoms with E-state index in [9.17, 15) is 14.7 Å². The molecule has 39 heavy (non-hydrogen) atoms. The summed E-state index contributed by atoms with van der Waals surface area (Å²) in [5.74, 6) is 0.919. The van der Waals surface area contributed by atoms with Crippen molar-refractivity contribution >= 4 is 11.9 Å². The quantitative estimate of drug-likeness (QED) is 0.413. The number of carboxylic acid groups (broad SMARTS) is 1. The fourth-order valence-electron chi connectivity index (χ4n) is 6.17. The lowest BCUT2D eigenvalue weighted by atomic mass is 9.91. The molecule has 0 bridgehead atoms. The van der Waals surface area contributed by atoms with Crippen molar-refractivity contribution < 1.29 is 28.9 Å². The van der Waals surface area contributed by atoms with Crippen molar-refractivity contribution in [1.29, 1.82) is 0 Å². The summed E-state index contributed by atoms with van der Waals surface area (Å²) in [5, 5.41) is 10.3. The average molecular weight is 528 g/mol. The van der Waals surface area contributed by atoms with Gasteiger partial charge in [-0.15, -0.1) is 0 Å². The molecule has 202 valence electrons. The van der Waals surface area contributed by atoms with E-state index in [0.717, 1.165) is 41.5 Å². The van der Waals surface area contributed by atoms with Crippen LogP contribution >= 0.6 is 0 Å². The van der Waals surface area contributed by atoms with Crippen LogP contribution in [0.3, 0.4) is 0 Å². The van der Waals surface area contributed by atoms with E-state index in [2.05, 4.69) is 0 Å². The van der Waals surface area contributed by atoms with Crippen molar-refractivity contribution in [2.45, 2.75) is 57.1 Å². The topological polar surface area (TPSA) is 85.3 Å². The second-order valence-electron chi connectivity index (χ2n) is 10.7. The molecule has 3 aromatic carbocycles. The summed E-state index contributed by atoms with van der Waals surface area (Å²) in [6, 6.07) is 21.9. The second kappa shape index (κ2) is 10.7. The van der Waals surface area contributed by atoms with Crippen LogP contribution in [-0.4, -0.2) is 41.1 Å². The van der Waals surface area contributed by atoms with Gasteiger partial charge in [-0.3, -0.25) is 4.79 Å². The lowest BCUT2D eigenvalue weighted by molar-refractivity contribution is -0.160. The molecular weight excluding hydrogens is 494 g/mol. The van der Waals surface area contributed by atoms with Crippen LogP contribution < -0.4 is 9.47 Å². The van der Waals surface area contributed by atoms with E-state index in [1.807, 2.05) is 72.8 Å². The van der Waals surface area contributed by atoms with E-state index in [1.165, 1.54) is 4.90 Å². The highest BCUT2D eigenvalue weighted by molar-refractivity contribution is 5.88. The zero-order valence-corrected chi connectivity index (χ0v) is 22.0. The predicted molar refractivity (Wildman–Crippen MR) is 144 cm³/mol. The first-order valence-corrected chi connectivity index (χ1v) is 13.6. The summed E-state index contributed by atoms with van der Waals surface area (Å²) in [6.45, 7) is 0.474. The van der Waals surface area contributed by atoms with Gasteiger partial charge in [-0.2, -0.15) is 0 Å². The van der Waals surface area contributed by atoms with Gasteiger partial charge in [-0.05, 0) is 53.9 Å². The maximum atomic E-state index is 14.1. The Morgan fingerprint density at radius 1 is 1.00 bits per heavy atom. The van der Waals surface area contributed by atoms with Crippen LogP contribution in [0.1, 0.15) is 47.6 Å². The average Bonchev–Trinajstić information content (AvgIpc) is 3.65. The van der Waals surface area contributed by atoms with Crippen LogP contribution in [0.4, 0.5) is 0 Å². The summed E-state index contributed by atoms with van der Waals surface area (Å²) >= 11 is 0. The Balaban J connectivity index is 1.31. The van der Waals surface area contributed by atoms with Gasteiger partial charge >= 0.3 is 5.97 Å². The number of nitrogens with zero attached hydrogens (tertiary/aromatic N) is 1. The van der Waals surface area contributed by atoms with E-state index >= 15 is 0 Å². The predicted octanol–water partition coefficient (Wildman–Crippen LogP) is 5.17. The van der Waals surface area contributed by atoms with Gasteiger partial charge in [0.25, 0.3) is 5.91 Å². The van der Waals surface area contributed by atoms with Gasteiger partial charge in [0.1, 0.15) is 12.6 Å². The molecule has 1 aliphatic heterocycles. The molecule has 2 saturated carbocycles. The molecule has 1 N–H and O–H groups in total. The summed E-state index contributed by atoms with van der Waals surface area (Å²) in [4.78, 5) is 28.2. The van der Waals surface area contributed by atoms with Gasteiger partial charge in [0.05, 0.1) is 13.2 Å². The summed E-state index contributed by atoms with van der Waals surface area (Å²) in [5.41, 5.74) is 3.35. The minimum Gasteiger partial charge on any atom is -0.493 e. The lowest BCUT2D eigenvalue weighted by Gasteiger charge is -2.38. The summed E-state index contributed by atoms with van der Waals surface area (Å²) in [6.07, 6.45) is 2.54. The number of amides is 1. The minimum atomic E-state index is -1.05. The first kappa shape index (κ1) is 25.4. The van der Waals surface area contributed by atoms with Crippen molar-refractivity contribution in [3.05, 3.63) is 95.1 Å². The van der Waals surface area contributed by atoms with Crippen LogP contribution in [0.15, 0.2) is 72.8 Å². The maximum Gasteiger partial charge on any atom is 0.326 e. The van der Waals surface area contributed by atoms with E-state index in [0.29, 0.717) is 29.9 Å². The molecule has 0 radical (unpaired) electrons. The molecule has 0 saturated heterocycles. The van der Waals surface area contributed by atoms with Crippen LogP contribution in [0.25, 0.3) is 0 Å². The number of methoxy groups -OCH3 is 1. The van der Waals surface area contributed by atoms with Crippen LogP contribution in [0.5, 0.6) is 11.5 Å². The fourth-order valence-corrected chi connectivity index (χ4v) is 6.17. The number of hydrogen-bond donors (Lipinski definition) is 1. The van der Waals surface area contributed by atoms with Gasteiger partial charge in [0.2, 0.25) is 0 Å². The second-order valence-corrected chi connectivity index (χ2v) is 10.7. The molecule has 0 spiro atoms. The Bertz CT molecular complexity index is 1340. The number of rotatable bonds is 9. The Labute approximate surface area is 228 Å². The van der Waals surface area contributed by atoms with Crippen molar-refractivity contribution in [3.8, 4) is 11.5 Å². The molecule has 5 atom stereocenters. The van der Waals surface area contributed by atoms with Crippen LogP contribution in [0.2, 0.25) is 0 Å². The van der Waals surface area contributed by atoms with Crippen molar-refractivity contribution in [3.63, 3.8) is 0 Å². The first-order chi connectivity index (χ1) is 19.0. The third-order valence-electron chi connectivity index (χ3n) is 8.36. The number of ether oxygens (including phenoxy) is 3. The molecule has 2 fully saturated rings. The molecule has 7 heteroatoms. The number of carbonyl (C=O) groups is 2. The number of hydrogen-bond acceptors (Lipinski definition) is 5. The monoisotopic (exact) mass is 527 g/mol. The Hall–Kier alpha value is -3.84. The molecular formula is C32H33NO6. The Morgan fingerprint density at radius 3 is 2.38 bits per heavy atom. The number of benzene rings is 3. The number of carbonyl (C=O) groups excluding carboxylic acids is 1. The third kappa shape index (κ3) is 5.11. The molecule has 6 rings (SSSR count). The molecule has 3 aromatic rings. The van der Waals surface area contributed by atoms with E-state index in [-0.39, 0.29) is 25.0 Å². The molecule has 7 nitrogen and oxygen atoms in total. The van der Waals surface area contributed by atoms with E-state index in [4.69, 9.17) is 14.2 Å². The summed E-state index contributed by atoms with van der Waals surface area (Å²) in [7, 11) is 1.57. The van der Waals surface area contributed by atoms with Gasteiger partial charge in [-0.1, -0.05) is 66.7 Å². The number of fused-ring (bicyclic) bond motifs is 2. The molecule has 3 aliphatic rings. The van der Waals surface area contributed by atoms with Gasteiger partial charge in [0, 0.05) is 18.5 Å². The van der Waals surface area contributed by atoms with Crippen LogP contribution in [-0.2, 0) is 33.9 Å². The van der Waals surface area contributed by atoms with Crippen molar-refractivity contribution in [1.82, 2.24) is 4.90 Å². The first-order valence-electron chi connectivity index (χ1n) is 13.6. The van der Waals surface area contributed by atoms with Gasteiger partial charge in [-0.25, -0.2) is 4.79 Å². The third-order valence-corrected chi connectivity index (χ3v) is 8.36. The van der Waals surface area contributed by atoms with Crippen molar-refractivity contribution in [2.24, 2.45) is 11.8 Å². The zero-order valence-electron chi connectivity index (χ0n) is 22.0. The number of carboxylic acids is 1. The standard InChI is InChI=1S/C32H33NO6/c1-37-28-15-13-23-18-33(26(32(35)36)17-25(23)30(28)38-19-20-8-4-2-5-9-20)31(34)29(21-10-6-3-7-11-21)39-27-14-12-22-16-24(22)27/h2-11,13,15,22,24,26-27,29H,12,14,16-19H2,1H3,(H,35,36)/t22?,24?,26-,27-,29+/m0/s1. The SMILES string of the molecule is COc1ccc2c(c1OCc1ccccc1)C[C@@H](C(=O)O)N(C(=O)[C@H](O[C@H]1CCC3CC31)c1ccccc1)C2. The smallest absolute Gasteiger partial charge is 0.326 e. The lowest BCUT2D eigenvalue weighted by Crippen LogP contribution is -2.51. The Kier molecular flexibility index (Phi) is 7.00. The Morgan fingerprint density at radius 2 is 1.74 bits per heavy atom. The summed E-state index contributed by atoms with van der Waals surface area (Å²) < 4.78 is 18.3. The molecule has 2 aliphatic carbocycles. The highest BCUT2D eigenvalue weighted by atomic mass is 16.5. The van der Waals surface area contributed by atoms with Gasteiger partial charge in [0.15, 0.2) is 17.6 Å². The normalized spacial score (nSPS) is 23.9. The van der Waals surface area contributed by atoms with E-state index < -0.39 is 18.1 Å².